The summed E-state index contributed by atoms with van der Waals surface area (Å²) >= 11 is 0. The van der Waals surface area contributed by atoms with Crippen molar-refractivity contribution in [3.63, 3.8) is 0 Å². The number of ether oxygens (including phenoxy) is 2. The minimum absolute atomic E-state index is 0.00134. The van der Waals surface area contributed by atoms with Gasteiger partial charge in [0.05, 0.1) is 13.2 Å². The van der Waals surface area contributed by atoms with Gasteiger partial charge in [-0.1, -0.05) is 25.2 Å². The number of carbonyl (C=O) groups excluding carboxylic acids is 1. The van der Waals surface area contributed by atoms with Crippen molar-refractivity contribution in [3.8, 4) is 0 Å². The standard InChI is InChI=1S/C15H16O5/c1-7-4-14-10(8(7)2)3-9(12(16)17)11(14)5-19-13(18)15(14)6-20-15/h3,8,10-11H,1,4-6H2,2H3,(H,16,17)/t8-,10+,11+,14+,15-/m1/s1. The van der Waals surface area contributed by atoms with Crippen LogP contribution in [0, 0.1) is 23.2 Å². The molecule has 5 heteroatoms. The lowest BCUT2D eigenvalue weighted by atomic mass is 9.61. The lowest BCUT2D eigenvalue weighted by molar-refractivity contribution is -0.174. The van der Waals surface area contributed by atoms with Crippen LogP contribution in [0.1, 0.15) is 13.3 Å². The largest absolute Gasteiger partial charge is 0.478 e. The van der Waals surface area contributed by atoms with Crippen molar-refractivity contribution in [2.24, 2.45) is 23.2 Å². The van der Waals surface area contributed by atoms with Crippen molar-refractivity contribution >= 4 is 11.9 Å². The van der Waals surface area contributed by atoms with Gasteiger partial charge in [-0.15, -0.1) is 0 Å². The predicted octanol–water partition coefficient (Wildman–Crippen LogP) is 1.15. The topological polar surface area (TPSA) is 76.1 Å². The fraction of sp³-hybridized carbons (Fsp3) is 0.600. The van der Waals surface area contributed by atoms with Crippen molar-refractivity contribution in [3.05, 3.63) is 23.8 Å². The summed E-state index contributed by atoms with van der Waals surface area (Å²) in [6, 6.07) is 0. The molecule has 2 spiro atoms. The van der Waals surface area contributed by atoms with Gasteiger partial charge in [-0.2, -0.15) is 0 Å². The third kappa shape index (κ3) is 1.06. The van der Waals surface area contributed by atoms with Crippen LogP contribution in [0.3, 0.4) is 0 Å². The van der Waals surface area contributed by atoms with Crippen LogP contribution in [0.15, 0.2) is 23.8 Å². The minimum Gasteiger partial charge on any atom is -0.478 e. The molecule has 1 N–H and O–H groups in total. The van der Waals surface area contributed by atoms with Gasteiger partial charge in [-0.25, -0.2) is 9.59 Å². The fourth-order valence-electron chi connectivity index (χ4n) is 4.67. The van der Waals surface area contributed by atoms with Crippen molar-refractivity contribution in [2.75, 3.05) is 13.2 Å². The molecule has 4 aliphatic rings. The van der Waals surface area contributed by atoms with E-state index in [0.29, 0.717) is 18.6 Å². The number of esters is 1. The first-order valence-corrected chi connectivity index (χ1v) is 6.88. The van der Waals surface area contributed by atoms with Gasteiger partial charge < -0.3 is 14.6 Å². The lowest BCUT2D eigenvalue weighted by Crippen LogP contribution is -2.56. The highest BCUT2D eigenvalue weighted by Crippen LogP contribution is 2.70. The first kappa shape index (κ1) is 12.1. The highest BCUT2D eigenvalue weighted by molar-refractivity contribution is 5.92. The van der Waals surface area contributed by atoms with Gasteiger partial charge in [0.1, 0.15) is 0 Å². The molecule has 0 radical (unpaired) electrons. The second-order valence-corrected chi connectivity index (χ2v) is 6.38. The smallest absolute Gasteiger partial charge is 0.341 e. The summed E-state index contributed by atoms with van der Waals surface area (Å²) in [5, 5.41) is 9.44. The summed E-state index contributed by atoms with van der Waals surface area (Å²) in [6.07, 6.45) is 2.47. The predicted molar refractivity (Wildman–Crippen MR) is 67.7 cm³/mol. The van der Waals surface area contributed by atoms with Crippen LogP contribution in [-0.4, -0.2) is 35.9 Å². The molecular formula is C15H16O5. The van der Waals surface area contributed by atoms with E-state index in [2.05, 4.69) is 13.5 Å². The molecule has 1 saturated carbocycles. The van der Waals surface area contributed by atoms with Crippen LogP contribution in [0.4, 0.5) is 0 Å². The van der Waals surface area contributed by atoms with Crippen LogP contribution >= 0.6 is 0 Å². The molecule has 0 amide bonds. The van der Waals surface area contributed by atoms with Gasteiger partial charge in [-0.3, -0.25) is 0 Å². The number of hydrogen-bond acceptors (Lipinski definition) is 4. The molecule has 5 nitrogen and oxygen atoms in total. The molecule has 106 valence electrons. The fourth-order valence-corrected chi connectivity index (χ4v) is 4.67. The third-order valence-electron chi connectivity index (χ3n) is 5.80. The van der Waals surface area contributed by atoms with Gasteiger partial charge in [0, 0.05) is 16.9 Å². The number of epoxide rings is 1. The molecular weight excluding hydrogens is 260 g/mol. The Morgan fingerprint density at radius 3 is 2.85 bits per heavy atom. The highest BCUT2D eigenvalue weighted by Gasteiger charge is 2.79. The van der Waals surface area contributed by atoms with Crippen LogP contribution in [0.5, 0.6) is 0 Å². The number of hydrogen-bond donors (Lipinski definition) is 1. The van der Waals surface area contributed by atoms with Crippen LogP contribution in [-0.2, 0) is 19.1 Å². The Balaban J connectivity index is 1.91. The number of rotatable bonds is 1. The van der Waals surface area contributed by atoms with E-state index in [9.17, 15) is 14.7 Å². The first-order valence-electron chi connectivity index (χ1n) is 6.88. The third-order valence-corrected chi connectivity index (χ3v) is 5.80. The first-order chi connectivity index (χ1) is 9.44. The van der Waals surface area contributed by atoms with E-state index < -0.39 is 17.0 Å². The monoisotopic (exact) mass is 276 g/mol. The number of carboxylic acids is 1. The van der Waals surface area contributed by atoms with E-state index in [1.807, 2.05) is 6.08 Å². The summed E-state index contributed by atoms with van der Waals surface area (Å²) < 4.78 is 10.8. The molecule has 0 unspecified atom stereocenters. The zero-order valence-electron chi connectivity index (χ0n) is 11.2. The quantitative estimate of drug-likeness (QED) is 0.442. The van der Waals surface area contributed by atoms with Gasteiger partial charge in [0.25, 0.3) is 0 Å². The van der Waals surface area contributed by atoms with Crippen molar-refractivity contribution < 1.29 is 24.2 Å². The Morgan fingerprint density at radius 1 is 1.55 bits per heavy atom. The molecule has 2 aliphatic heterocycles. The summed E-state index contributed by atoms with van der Waals surface area (Å²) in [4.78, 5) is 23.7. The number of carbonyl (C=O) groups is 2. The van der Waals surface area contributed by atoms with E-state index in [1.54, 1.807) is 0 Å². The maximum Gasteiger partial charge on any atom is 0.341 e. The second-order valence-electron chi connectivity index (χ2n) is 6.38. The lowest BCUT2D eigenvalue weighted by Gasteiger charge is -2.44. The van der Waals surface area contributed by atoms with Gasteiger partial charge in [0.15, 0.2) is 5.60 Å². The number of carboxylic acid groups (broad SMARTS) is 1. The Hall–Kier alpha value is -1.62. The SMILES string of the molecule is C=C1C[C@]23[C@@H](COC(=O)[C@]24CO4)C(C(=O)O)=C[C@H]3[C@@H]1C. The van der Waals surface area contributed by atoms with Crippen molar-refractivity contribution in [1.29, 1.82) is 0 Å². The molecule has 2 aliphatic carbocycles. The van der Waals surface area contributed by atoms with Gasteiger partial charge in [-0.05, 0) is 18.3 Å². The van der Waals surface area contributed by atoms with Gasteiger partial charge >= 0.3 is 11.9 Å². The van der Waals surface area contributed by atoms with E-state index in [0.717, 1.165) is 5.57 Å². The Kier molecular flexibility index (Phi) is 2.03. The Labute approximate surface area is 116 Å². The summed E-state index contributed by atoms with van der Waals surface area (Å²) in [7, 11) is 0. The molecule has 2 heterocycles. The summed E-state index contributed by atoms with van der Waals surface area (Å²) in [5.41, 5.74) is 0.0103. The van der Waals surface area contributed by atoms with E-state index >= 15 is 0 Å². The number of allylic oxidation sites excluding steroid dienone is 2. The highest BCUT2D eigenvalue weighted by atomic mass is 16.6. The molecule has 2 saturated heterocycles. The molecule has 0 aromatic carbocycles. The average Bonchev–Trinajstić information content (AvgIpc) is 3.07. The van der Waals surface area contributed by atoms with Crippen LogP contribution < -0.4 is 0 Å². The maximum absolute atomic E-state index is 12.2. The zero-order valence-corrected chi connectivity index (χ0v) is 11.2. The second kappa shape index (κ2) is 3.34. The molecule has 0 aromatic rings. The number of cyclic esters (lactones) is 1. The molecule has 0 aromatic heterocycles. The van der Waals surface area contributed by atoms with E-state index in [1.165, 1.54) is 0 Å². The van der Waals surface area contributed by atoms with E-state index in [4.69, 9.17) is 9.47 Å². The average molecular weight is 276 g/mol. The maximum atomic E-state index is 12.2. The zero-order chi connectivity index (χ0) is 14.3. The molecule has 20 heavy (non-hydrogen) atoms. The molecule has 3 fully saturated rings. The molecule has 4 rings (SSSR count). The van der Waals surface area contributed by atoms with Crippen molar-refractivity contribution in [2.45, 2.75) is 18.9 Å². The summed E-state index contributed by atoms with van der Waals surface area (Å²) in [6.45, 7) is 6.63. The number of aliphatic carboxylic acids is 1. The van der Waals surface area contributed by atoms with Gasteiger partial charge in [0.2, 0.25) is 0 Å². The van der Waals surface area contributed by atoms with Crippen molar-refractivity contribution in [1.82, 2.24) is 0 Å². The van der Waals surface area contributed by atoms with Crippen LogP contribution in [0.25, 0.3) is 0 Å². The Bertz CT molecular complexity index is 585. The van der Waals surface area contributed by atoms with Crippen LogP contribution in [0.2, 0.25) is 0 Å². The molecule has 0 bridgehead atoms. The molecule has 5 atom stereocenters. The normalized spacial score (nSPS) is 48.6. The Morgan fingerprint density at radius 2 is 2.25 bits per heavy atom. The summed E-state index contributed by atoms with van der Waals surface area (Å²) in [5.74, 6) is -1.37. The minimum atomic E-state index is -0.942. The van der Waals surface area contributed by atoms with E-state index in [-0.39, 0.29) is 30.3 Å².